The third-order valence-electron chi connectivity index (χ3n) is 16.4. The van der Waals surface area contributed by atoms with Crippen molar-refractivity contribution in [3.8, 4) is 22.3 Å². The van der Waals surface area contributed by atoms with Crippen molar-refractivity contribution in [2.45, 2.75) is 215 Å². The van der Waals surface area contributed by atoms with Crippen LogP contribution in [0.4, 0.5) is 17.6 Å². The van der Waals surface area contributed by atoms with Crippen molar-refractivity contribution < 1.29 is 60.7 Å². The van der Waals surface area contributed by atoms with Gasteiger partial charge in [0.15, 0.2) is 18.3 Å². The molecule has 90 heavy (non-hydrogen) atoms. The summed E-state index contributed by atoms with van der Waals surface area (Å²) in [6.07, 6.45) is 4.88. The molecule has 3 aliphatic carbocycles. The van der Waals surface area contributed by atoms with Gasteiger partial charge >= 0.3 is 17.9 Å². The average molecular weight is 1290 g/mol. The summed E-state index contributed by atoms with van der Waals surface area (Å²) in [6.45, 7) is 24.7. The molecule has 482 valence electrons. The Balaban J connectivity index is 0.000000162. The number of carbonyl (C=O) groups is 3. The molecular formula is C71H83F4N3O9S3. The van der Waals surface area contributed by atoms with Crippen molar-refractivity contribution in [1.82, 2.24) is 15.0 Å². The fraction of sp³-hybridized carbons (Fsp3) is 0.493. The van der Waals surface area contributed by atoms with Gasteiger partial charge in [-0.2, -0.15) is 0 Å². The van der Waals surface area contributed by atoms with Gasteiger partial charge in [0.25, 0.3) is 12.9 Å². The van der Waals surface area contributed by atoms with E-state index >= 15 is 0 Å². The van der Waals surface area contributed by atoms with Gasteiger partial charge in [-0.15, -0.1) is 34.0 Å². The Kier molecular flexibility index (Phi) is 20.9. The number of methoxy groups -OCH3 is 2. The van der Waals surface area contributed by atoms with Crippen LogP contribution >= 0.6 is 34.0 Å². The quantitative estimate of drug-likeness (QED) is 0.0862. The number of carboxylic acids is 1. The molecule has 0 spiro atoms. The number of halogens is 4. The maximum atomic E-state index is 13.2. The second-order valence-corrected chi connectivity index (χ2v) is 29.7. The highest BCUT2D eigenvalue weighted by molar-refractivity contribution is 7.19. The first-order valence-corrected chi connectivity index (χ1v) is 33.3. The monoisotopic (exact) mass is 1290 g/mol. The van der Waals surface area contributed by atoms with Crippen LogP contribution in [0.25, 0.3) is 52.9 Å². The van der Waals surface area contributed by atoms with Crippen LogP contribution in [-0.2, 0) is 76.6 Å². The van der Waals surface area contributed by atoms with E-state index in [4.69, 9.17) is 38.6 Å². The number of carbonyl (C=O) groups excluding carboxylic acids is 2. The second kappa shape index (κ2) is 27.5. The summed E-state index contributed by atoms with van der Waals surface area (Å²) >= 11 is 5.15. The molecule has 0 aliphatic heterocycles. The Morgan fingerprint density at radius 1 is 0.456 bits per heavy atom. The summed E-state index contributed by atoms with van der Waals surface area (Å²) in [5.41, 5.74) is 10.3. The molecule has 0 radical (unpaired) electrons. The molecule has 3 atom stereocenters. The molecule has 6 aromatic heterocycles. The topological polar surface area (TPSA) is 156 Å². The van der Waals surface area contributed by atoms with Gasteiger partial charge in [0, 0.05) is 86.8 Å². The third kappa shape index (κ3) is 14.8. The number of ether oxygens (including phenoxy) is 5. The molecule has 6 heterocycles. The van der Waals surface area contributed by atoms with Gasteiger partial charge < -0.3 is 28.8 Å². The Bertz CT molecular complexity index is 3960. The third-order valence-corrected chi connectivity index (χ3v) is 20.0. The standard InChI is InChI=1S/C26H29F2NO3S.C25H27F2NO3S.C20H27NO3S/c1-14-19(22(25(30)31-5)32-26(2,3)4)20(15-10-12-16(13-11-15)23(27)28)21-17-8-6-7-9-18(17)33-24(21)29-14;1-13-18(21(24(29)30)31-25(2,3)4)19(14-9-11-15(12-10-14)22(26)27)20-16-7-5-6-8-17(16)32-23(20)28-13;1-11-15(17(19(22)23-6)24-20(3,4)5)12(2)21-18-16(11)13-9-7-8-10-14(13)25-18/h10-13,22-23H,6-9H2,1-5H3;9-12,21-22H,5-8H2,1-4H3,(H,29,30);17H,7-10H2,1-6H3/t22-;21-;17-/m000/s1. The highest BCUT2D eigenvalue weighted by Gasteiger charge is 2.38. The first-order chi connectivity index (χ1) is 42.4. The summed E-state index contributed by atoms with van der Waals surface area (Å²) in [5.74, 6) is -1.98. The number of rotatable bonds is 13. The SMILES string of the molecule is COC(=O)[C@@H](OC(C)(C)C)c1c(C)nc2sc3c(c2c1-c1ccc(C(F)F)cc1)CCCC3.COC(=O)[C@@H](OC(C)(C)C)c1c(C)nc2sc3c(c2c1C)CCCC3.Cc1nc2sc3c(c2c(-c2ccc(C(F)F)cc2)c1[C@H](OC(C)(C)C)C(=O)O)CCCC3. The van der Waals surface area contributed by atoms with E-state index < -0.39 is 59.9 Å². The van der Waals surface area contributed by atoms with Crippen LogP contribution in [0, 0.1) is 27.7 Å². The molecule has 0 saturated carbocycles. The van der Waals surface area contributed by atoms with Gasteiger partial charge in [0.05, 0.1) is 31.0 Å². The van der Waals surface area contributed by atoms with Crippen molar-refractivity contribution in [3.63, 3.8) is 0 Å². The Morgan fingerprint density at radius 3 is 1.09 bits per heavy atom. The normalized spacial score (nSPS) is 15.3. The molecule has 3 aliphatic rings. The molecule has 11 rings (SSSR count). The van der Waals surface area contributed by atoms with E-state index in [1.807, 2.05) is 87.5 Å². The second-order valence-electron chi connectivity index (χ2n) is 26.4. The minimum Gasteiger partial charge on any atom is -0.479 e. The lowest BCUT2D eigenvalue weighted by molar-refractivity contribution is -0.164. The first-order valence-electron chi connectivity index (χ1n) is 30.9. The van der Waals surface area contributed by atoms with Crippen LogP contribution in [-0.4, -0.2) is 69.0 Å². The lowest BCUT2D eigenvalue weighted by Crippen LogP contribution is -2.29. The number of pyridine rings is 3. The Hall–Kier alpha value is -6.22. The van der Waals surface area contributed by atoms with Crippen LogP contribution in [0.1, 0.15) is 214 Å². The molecule has 12 nitrogen and oxygen atoms in total. The maximum absolute atomic E-state index is 13.2. The molecule has 0 fully saturated rings. The van der Waals surface area contributed by atoms with Gasteiger partial charge in [0.2, 0.25) is 0 Å². The Labute approximate surface area is 537 Å². The van der Waals surface area contributed by atoms with Crippen molar-refractivity contribution in [2.75, 3.05) is 14.2 Å². The maximum Gasteiger partial charge on any atom is 0.339 e. The highest BCUT2D eigenvalue weighted by Crippen LogP contribution is 2.49. The summed E-state index contributed by atoms with van der Waals surface area (Å²) in [5, 5.41) is 13.3. The van der Waals surface area contributed by atoms with E-state index in [1.54, 1.807) is 53.9 Å². The molecular weight excluding hydrogens is 1210 g/mol. The molecule has 2 aromatic carbocycles. The van der Waals surface area contributed by atoms with E-state index in [0.29, 0.717) is 28.1 Å². The number of nitrogens with zero attached hydrogens (tertiary/aromatic N) is 3. The molecule has 8 aromatic rings. The van der Waals surface area contributed by atoms with Gasteiger partial charge in [-0.05, 0) is 200 Å². The largest absolute Gasteiger partial charge is 0.479 e. The number of esters is 2. The number of hydrogen-bond donors (Lipinski definition) is 1. The van der Waals surface area contributed by atoms with E-state index in [0.717, 1.165) is 123 Å². The summed E-state index contributed by atoms with van der Waals surface area (Å²) < 4.78 is 81.4. The predicted octanol–water partition coefficient (Wildman–Crippen LogP) is 19.0. The van der Waals surface area contributed by atoms with Crippen molar-refractivity contribution in [3.05, 3.63) is 130 Å². The molecule has 1 N–H and O–H groups in total. The summed E-state index contributed by atoms with van der Waals surface area (Å²) in [4.78, 5) is 59.3. The predicted molar refractivity (Wildman–Crippen MR) is 351 cm³/mol. The van der Waals surface area contributed by atoms with Gasteiger partial charge in [-0.25, -0.2) is 46.9 Å². The number of aromatic nitrogens is 3. The lowest BCUT2D eigenvalue weighted by Gasteiger charge is -2.29. The van der Waals surface area contributed by atoms with Crippen molar-refractivity contribution in [2.24, 2.45) is 0 Å². The van der Waals surface area contributed by atoms with Gasteiger partial charge in [-0.1, -0.05) is 48.5 Å². The van der Waals surface area contributed by atoms with Crippen LogP contribution in [0.3, 0.4) is 0 Å². The van der Waals surface area contributed by atoms with Crippen LogP contribution in [0.5, 0.6) is 0 Å². The number of alkyl halides is 4. The molecule has 0 saturated heterocycles. The zero-order valence-electron chi connectivity index (χ0n) is 54.3. The van der Waals surface area contributed by atoms with Crippen LogP contribution < -0.4 is 0 Å². The number of aryl methyl sites for hydroxylation is 10. The fourth-order valence-electron chi connectivity index (χ4n) is 12.6. The minimum atomic E-state index is -2.56. The van der Waals surface area contributed by atoms with Gasteiger partial charge in [-0.3, -0.25) is 0 Å². The first kappa shape index (κ1) is 68.2. The average Bonchev–Trinajstić information content (AvgIpc) is 1.53. The highest BCUT2D eigenvalue weighted by atomic mass is 32.1. The smallest absolute Gasteiger partial charge is 0.339 e. The summed E-state index contributed by atoms with van der Waals surface area (Å²) in [6, 6.07) is 12.4. The number of thiophene rings is 3. The molecule has 0 bridgehead atoms. The molecule has 0 amide bonds. The van der Waals surface area contributed by atoms with Crippen LogP contribution in [0.2, 0.25) is 0 Å². The van der Waals surface area contributed by atoms with E-state index in [-0.39, 0.29) is 17.1 Å². The van der Waals surface area contributed by atoms with Crippen molar-refractivity contribution in [1.29, 1.82) is 0 Å². The minimum absolute atomic E-state index is 0.0369. The van der Waals surface area contributed by atoms with Crippen molar-refractivity contribution >= 4 is 82.6 Å². The number of hydrogen-bond acceptors (Lipinski definition) is 14. The summed E-state index contributed by atoms with van der Waals surface area (Å²) in [7, 11) is 2.75. The van der Waals surface area contributed by atoms with Crippen LogP contribution in [0.15, 0.2) is 48.5 Å². The van der Waals surface area contributed by atoms with E-state index in [1.165, 1.54) is 88.0 Å². The fourth-order valence-corrected chi connectivity index (χ4v) is 16.6. The Morgan fingerprint density at radius 2 is 0.756 bits per heavy atom. The van der Waals surface area contributed by atoms with Gasteiger partial charge in [0.1, 0.15) is 14.5 Å². The number of aliphatic carboxylic acids is 1. The molecule has 19 heteroatoms. The number of fused-ring (bicyclic) bond motifs is 9. The molecule has 0 unspecified atom stereocenters. The zero-order chi connectivity index (χ0) is 65.5. The lowest BCUT2D eigenvalue weighted by atomic mass is 9.87. The number of benzene rings is 2. The zero-order valence-corrected chi connectivity index (χ0v) is 56.7. The number of carboxylic acid groups (broad SMARTS) is 1. The van der Waals surface area contributed by atoms with E-state index in [9.17, 15) is 37.1 Å². The van der Waals surface area contributed by atoms with E-state index in [2.05, 4.69) is 6.92 Å².